The highest BCUT2D eigenvalue weighted by molar-refractivity contribution is 7.80. The summed E-state index contributed by atoms with van der Waals surface area (Å²) < 4.78 is 7.09. The molecule has 3 aromatic carbocycles. The van der Waals surface area contributed by atoms with Gasteiger partial charge in [0, 0.05) is 22.8 Å². The van der Waals surface area contributed by atoms with Gasteiger partial charge in [-0.1, -0.05) is 30.3 Å². The van der Waals surface area contributed by atoms with Gasteiger partial charge < -0.3 is 20.5 Å². The Hall–Kier alpha value is -4.27. The number of carbonyl (C=O) groups is 1. The van der Waals surface area contributed by atoms with Crippen LogP contribution in [0.4, 0.5) is 5.69 Å². The minimum absolute atomic E-state index is 0.178. The third kappa shape index (κ3) is 5.68. The molecule has 2 heterocycles. The van der Waals surface area contributed by atoms with Crippen LogP contribution in [-0.2, 0) is 11.2 Å². The van der Waals surface area contributed by atoms with E-state index in [1.807, 2.05) is 78.9 Å². The second-order valence-corrected chi connectivity index (χ2v) is 9.43. The van der Waals surface area contributed by atoms with Crippen molar-refractivity contribution in [2.24, 2.45) is 0 Å². The highest BCUT2D eigenvalue weighted by Gasteiger charge is 2.12. The van der Waals surface area contributed by atoms with E-state index >= 15 is 0 Å². The van der Waals surface area contributed by atoms with Crippen LogP contribution in [0.5, 0.6) is 17.2 Å². The summed E-state index contributed by atoms with van der Waals surface area (Å²) in [6, 6.07) is 27.8. The number of thiocarbonyl (C=S) groups is 1. The average Bonchev–Trinajstić information content (AvgIpc) is 3.31. The maximum absolute atomic E-state index is 12.2. The zero-order chi connectivity index (χ0) is 24.9. The summed E-state index contributed by atoms with van der Waals surface area (Å²) in [7, 11) is 0. The molecule has 6 nitrogen and oxygen atoms in total. The quantitative estimate of drug-likeness (QED) is 0.225. The maximum atomic E-state index is 12.2. The standard InChI is InChI=1S/C28H21N3O3S2/c32-21-10-6-19(7-11-21)25-17-23-27(36-25)24(14-15-29-23)34-22-12-8-20(9-13-22)30-28(35)31-26(33)16-18-4-2-1-3-5-18/h1-15,17,32H,16H2,(H2,30,31,33,35). The second-order valence-electron chi connectivity index (χ2n) is 7.97. The maximum Gasteiger partial charge on any atom is 0.230 e. The number of hydrogen-bond donors (Lipinski definition) is 3. The monoisotopic (exact) mass is 511 g/mol. The summed E-state index contributed by atoms with van der Waals surface area (Å²) in [6.45, 7) is 0. The van der Waals surface area contributed by atoms with Gasteiger partial charge in [0.2, 0.25) is 5.91 Å². The Bertz CT molecular complexity index is 1520. The van der Waals surface area contributed by atoms with E-state index in [-0.39, 0.29) is 23.2 Å². The molecule has 0 bridgehead atoms. The van der Waals surface area contributed by atoms with E-state index in [0.29, 0.717) is 11.5 Å². The summed E-state index contributed by atoms with van der Waals surface area (Å²) >= 11 is 6.86. The Morgan fingerprint density at radius 2 is 1.72 bits per heavy atom. The number of carbonyl (C=O) groups excluding carboxylic acids is 1. The Kier molecular flexibility index (Phi) is 6.88. The lowest BCUT2D eigenvalue weighted by Crippen LogP contribution is -2.35. The Balaban J connectivity index is 1.23. The van der Waals surface area contributed by atoms with Crippen molar-refractivity contribution in [3.63, 3.8) is 0 Å². The first-order valence-electron chi connectivity index (χ1n) is 11.1. The van der Waals surface area contributed by atoms with Crippen molar-refractivity contribution in [2.75, 3.05) is 5.32 Å². The number of aromatic hydroxyl groups is 1. The SMILES string of the molecule is O=C(Cc1ccccc1)NC(=S)Nc1ccc(Oc2ccnc3cc(-c4ccc(O)cc4)sc23)cc1. The Labute approximate surface area is 217 Å². The molecule has 3 N–H and O–H groups in total. The van der Waals surface area contributed by atoms with Gasteiger partial charge in [-0.2, -0.15) is 0 Å². The van der Waals surface area contributed by atoms with Gasteiger partial charge in [-0.15, -0.1) is 11.3 Å². The van der Waals surface area contributed by atoms with E-state index in [0.717, 1.165) is 31.9 Å². The van der Waals surface area contributed by atoms with Gasteiger partial charge in [0.05, 0.1) is 16.6 Å². The molecular formula is C28H21N3O3S2. The molecule has 0 aliphatic rings. The molecule has 5 rings (SSSR count). The lowest BCUT2D eigenvalue weighted by Gasteiger charge is -2.11. The second kappa shape index (κ2) is 10.6. The molecule has 1 amide bonds. The van der Waals surface area contributed by atoms with Crippen LogP contribution in [0.3, 0.4) is 0 Å². The number of anilines is 1. The fourth-order valence-corrected chi connectivity index (χ4v) is 4.91. The molecule has 36 heavy (non-hydrogen) atoms. The molecule has 0 aliphatic heterocycles. The van der Waals surface area contributed by atoms with Crippen LogP contribution in [0.2, 0.25) is 0 Å². The molecule has 178 valence electrons. The van der Waals surface area contributed by atoms with Crippen molar-refractivity contribution in [2.45, 2.75) is 6.42 Å². The van der Waals surface area contributed by atoms with Crippen molar-refractivity contribution >= 4 is 50.5 Å². The van der Waals surface area contributed by atoms with Crippen molar-refractivity contribution in [1.82, 2.24) is 10.3 Å². The zero-order valence-electron chi connectivity index (χ0n) is 19.0. The Morgan fingerprint density at radius 3 is 2.47 bits per heavy atom. The minimum atomic E-state index is -0.178. The zero-order valence-corrected chi connectivity index (χ0v) is 20.6. The highest BCUT2D eigenvalue weighted by Crippen LogP contribution is 2.39. The molecule has 0 fully saturated rings. The van der Waals surface area contributed by atoms with E-state index in [1.54, 1.807) is 29.7 Å². The summed E-state index contributed by atoms with van der Waals surface area (Å²) in [4.78, 5) is 17.7. The number of aromatic nitrogens is 1. The number of rotatable bonds is 6. The molecule has 0 saturated heterocycles. The number of phenols is 1. The first kappa shape index (κ1) is 23.5. The van der Waals surface area contributed by atoms with Gasteiger partial charge in [0.25, 0.3) is 0 Å². The predicted molar refractivity (Wildman–Crippen MR) is 148 cm³/mol. The third-order valence-electron chi connectivity index (χ3n) is 5.33. The van der Waals surface area contributed by atoms with Crippen LogP contribution in [-0.4, -0.2) is 21.1 Å². The van der Waals surface area contributed by atoms with Crippen LogP contribution in [0.1, 0.15) is 5.56 Å². The Morgan fingerprint density at radius 1 is 0.972 bits per heavy atom. The summed E-state index contributed by atoms with van der Waals surface area (Å²) in [5.74, 6) is 1.42. The lowest BCUT2D eigenvalue weighted by molar-refractivity contribution is -0.119. The van der Waals surface area contributed by atoms with Gasteiger partial charge in [-0.25, -0.2) is 0 Å². The minimum Gasteiger partial charge on any atom is -0.508 e. The number of phenolic OH excluding ortho intramolecular Hbond substituents is 1. The normalized spacial score (nSPS) is 10.7. The molecule has 2 aromatic heterocycles. The van der Waals surface area contributed by atoms with Crippen LogP contribution in [0.15, 0.2) is 97.2 Å². The molecule has 0 saturated carbocycles. The molecule has 5 aromatic rings. The van der Waals surface area contributed by atoms with E-state index in [2.05, 4.69) is 15.6 Å². The van der Waals surface area contributed by atoms with Crippen molar-refractivity contribution < 1.29 is 14.6 Å². The number of amides is 1. The number of fused-ring (bicyclic) bond motifs is 1. The van der Waals surface area contributed by atoms with E-state index < -0.39 is 0 Å². The van der Waals surface area contributed by atoms with Crippen molar-refractivity contribution in [1.29, 1.82) is 0 Å². The smallest absolute Gasteiger partial charge is 0.230 e. The molecule has 0 spiro atoms. The first-order valence-corrected chi connectivity index (χ1v) is 12.4. The summed E-state index contributed by atoms with van der Waals surface area (Å²) in [5.41, 5.74) is 3.50. The summed E-state index contributed by atoms with van der Waals surface area (Å²) in [6.07, 6.45) is 1.98. The van der Waals surface area contributed by atoms with Crippen LogP contribution < -0.4 is 15.4 Å². The predicted octanol–water partition coefficient (Wildman–Crippen LogP) is 6.52. The fraction of sp³-hybridized carbons (Fsp3) is 0.0357. The van der Waals surface area contributed by atoms with E-state index in [4.69, 9.17) is 17.0 Å². The van der Waals surface area contributed by atoms with Crippen LogP contribution >= 0.6 is 23.6 Å². The largest absolute Gasteiger partial charge is 0.508 e. The molecule has 0 radical (unpaired) electrons. The van der Waals surface area contributed by atoms with Crippen LogP contribution in [0.25, 0.3) is 20.7 Å². The molecule has 0 unspecified atom stereocenters. The van der Waals surface area contributed by atoms with Gasteiger partial charge >= 0.3 is 0 Å². The molecule has 8 heteroatoms. The number of nitrogens with one attached hydrogen (secondary N) is 2. The number of nitrogens with zero attached hydrogens (tertiary/aromatic N) is 1. The highest BCUT2D eigenvalue weighted by atomic mass is 32.1. The molecule has 0 aliphatic carbocycles. The van der Waals surface area contributed by atoms with E-state index in [9.17, 15) is 9.90 Å². The van der Waals surface area contributed by atoms with Gasteiger partial charge in [-0.05, 0) is 77.9 Å². The average molecular weight is 512 g/mol. The number of benzene rings is 3. The number of ether oxygens (including phenoxy) is 1. The van der Waals surface area contributed by atoms with E-state index in [1.165, 1.54) is 0 Å². The first-order chi connectivity index (χ1) is 17.5. The third-order valence-corrected chi connectivity index (χ3v) is 6.72. The lowest BCUT2D eigenvalue weighted by atomic mass is 10.1. The van der Waals surface area contributed by atoms with Gasteiger partial charge in [-0.3, -0.25) is 9.78 Å². The molecular weight excluding hydrogens is 490 g/mol. The van der Waals surface area contributed by atoms with Crippen molar-refractivity contribution in [3.05, 3.63) is 103 Å². The number of thiophene rings is 1. The van der Waals surface area contributed by atoms with Crippen molar-refractivity contribution in [3.8, 4) is 27.7 Å². The topological polar surface area (TPSA) is 83.5 Å². The van der Waals surface area contributed by atoms with Crippen LogP contribution in [0, 0.1) is 0 Å². The summed E-state index contributed by atoms with van der Waals surface area (Å²) in [5, 5.41) is 15.5. The number of pyridine rings is 1. The van der Waals surface area contributed by atoms with Gasteiger partial charge in [0.15, 0.2) is 5.11 Å². The number of hydrogen-bond acceptors (Lipinski definition) is 6. The molecule has 0 atom stereocenters. The van der Waals surface area contributed by atoms with Gasteiger partial charge in [0.1, 0.15) is 17.2 Å². The fourth-order valence-electron chi connectivity index (χ4n) is 3.61.